The number of halogens is 2. The largest absolute Gasteiger partial charge is 0.248 e. The minimum Gasteiger partial charge on any atom is -0.228 e. The van der Waals surface area contributed by atoms with Crippen LogP contribution in [0.1, 0.15) is 46.5 Å². The number of rotatable bonds is 3. The fraction of sp³-hybridized carbons (Fsp3) is 0.917. The first-order chi connectivity index (χ1) is 8.43. The SMILES string of the molecule is CC(C)(C)S(=O)(=O)CC1(N=C=O)CCC(F)(F)CC1. The summed E-state index contributed by atoms with van der Waals surface area (Å²) in [6.07, 6.45) is 0.239. The minimum absolute atomic E-state index is 0.107. The third-order valence-corrected chi connectivity index (χ3v) is 6.37. The standard InChI is InChI=1S/C12H19F2NO3S/c1-10(2,3)19(17,18)8-11(15-9-16)4-6-12(13,14)7-5-11/h4-8H2,1-3H3. The van der Waals surface area contributed by atoms with Crippen molar-refractivity contribution in [1.82, 2.24) is 0 Å². The molecule has 0 radical (unpaired) electrons. The zero-order chi connectivity index (χ0) is 14.9. The molecule has 0 heterocycles. The molecular weight excluding hydrogens is 276 g/mol. The maximum Gasteiger partial charge on any atom is 0.248 e. The quantitative estimate of drug-likeness (QED) is 0.593. The molecule has 1 rings (SSSR count). The van der Waals surface area contributed by atoms with Crippen LogP contribution in [0.3, 0.4) is 0 Å². The Balaban J connectivity index is 3.02. The van der Waals surface area contributed by atoms with Gasteiger partial charge in [-0.25, -0.2) is 22.0 Å². The fourth-order valence-corrected chi connectivity index (χ4v) is 3.53. The Hall–Kier alpha value is -0.810. The lowest BCUT2D eigenvalue weighted by Gasteiger charge is -2.37. The summed E-state index contributed by atoms with van der Waals surface area (Å²) in [6.45, 7) is 4.62. The van der Waals surface area contributed by atoms with E-state index in [0.717, 1.165) is 0 Å². The van der Waals surface area contributed by atoms with Gasteiger partial charge in [0.1, 0.15) is 0 Å². The fourth-order valence-electron chi connectivity index (χ4n) is 2.04. The van der Waals surface area contributed by atoms with Crippen LogP contribution in [0.25, 0.3) is 0 Å². The Morgan fingerprint density at radius 2 is 1.63 bits per heavy atom. The van der Waals surface area contributed by atoms with E-state index in [4.69, 9.17) is 0 Å². The Kier molecular flexibility index (Phi) is 4.23. The Bertz CT molecular complexity index is 478. The van der Waals surface area contributed by atoms with Gasteiger partial charge in [-0.05, 0) is 33.6 Å². The van der Waals surface area contributed by atoms with Gasteiger partial charge in [0, 0.05) is 12.8 Å². The lowest BCUT2D eigenvalue weighted by molar-refractivity contribution is -0.0476. The minimum atomic E-state index is -3.53. The van der Waals surface area contributed by atoms with Crippen LogP contribution in [0, 0.1) is 0 Å². The van der Waals surface area contributed by atoms with E-state index in [2.05, 4.69) is 4.99 Å². The molecule has 0 unspecified atom stereocenters. The first kappa shape index (κ1) is 16.2. The van der Waals surface area contributed by atoms with Crippen LogP contribution in [0.4, 0.5) is 8.78 Å². The summed E-state index contributed by atoms with van der Waals surface area (Å²) in [6, 6.07) is 0. The summed E-state index contributed by atoms with van der Waals surface area (Å²) in [4.78, 5) is 14.1. The van der Waals surface area contributed by atoms with Crippen molar-refractivity contribution < 1.29 is 22.0 Å². The molecule has 0 bridgehead atoms. The predicted octanol–water partition coefficient (Wildman–Crippen LogP) is 2.48. The topological polar surface area (TPSA) is 63.6 Å². The molecule has 0 aromatic rings. The molecule has 1 fully saturated rings. The van der Waals surface area contributed by atoms with Gasteiger partial charge < -0.3 is 0 Å². The van der Waals surface area contributed by atoms with Crippen molar-refractivity contribution in [2.75, 3.05) is 5.75 Å². The van der Waals surface area contributed by atoms with Crippen molar-refractivity contribution in [3.05, 3.63) is 0 Å². The van der Waals surface area contributed by atoms with Gasteiger partial charge in [0.2, 0.25) is 12.0 Å². The van der Waals surface area contributed by atoms with E-state index in [0.29, 0.717) is 0 Å². The smallest absolute Gasteiger partial charge is 0.228 e. The molecule has 0 spiro atoms. The van der Waals surface area contributed by atoms with Crippen molar-refractivity contribution in [3.8, 4) is 0 Å². The van der Waals surface area contributed by atoms with Gasteiger partial charge in [-0.1, -0.05) is 0 Å². The Morgan fingerprint density at radius 3 is 2.00 bits per heavy atom. The average molecular weight is 295 g/mol. The van der Waals surface area contributed by atoms with Gasteiger partial charge in [0.15, 0.2) is 9.84 Å². The van der Waals surface area contributed by atoms with Crippen LogP contribution in [0.5, 0.6) is 0 Å². The molecule has 0 amide bonds. The second-order valence-corrected chi connectivity index (χ2v) is 8.90. The number of hydrogen-bond acceptors (Lipinski definition) is 4. The zero-order valence-electron chi connectivity index (χ0n) is 11.4. The van der Waals surface area contributed by atoms with Gasteiger partial charge in [-0.15, -0.1) is 0 Å². The number of alkyl halides is 2. The number of sulfone groups is 1. The highest BCUT2D eigenvalue weighted by atomic mass is 32.2. The predicted molar refractivity (Wildman–Crippen MR) is 67.8 cm³/mol. The molecule has 0 aliphatic heterocycles. The van der Waals surface area contributed by atoms with E-state index in [-0.39, 0.29) is 18.6 Å². The highest BCUT2D eigenvalue weighted by molar-refractivity contribution is 7.92. The van der Waals surface area contributed by atoms with Crippen LogP contribution in [0.2, 0.25) is 0 Å². The summed E-state index contributed by atoms with van der Waals surface area (Å²) in [7, 11) is -3.53. The summed E-state index contributed by atoms with van der Waals surface area (Å²) in [5.74, 6) is -3.18. The summed E-state index contributed by atoms with van der Waals surface area (Å²) >= 11 is 0. The lowest BCUT2D eigenvalue weighted by Crippen LogP contribution is -2.46. The van der Waals surface area contributed by atoms with Gasteiger partial charge >= 0.3 is 0 Å². The molecule has 0 aromatic carbocycles. The van der Waals surface area contributed by atoms with Crippen molar-refractivity contribution in [2.45, 2.75) is 62.7 Å². The highest BCUT2D eigenvalue weighted by Gasteiger charge is 2.47. The summed E-state index contributed by atoms with van der Waals surface area (Å²) < 4.78 is 49.7. The monoisotopic (exact) mass is 295 g/mol. The van der Waals surface area contributed by atoms with Crippen molar-refractivity contribution in [2.24, 2.45) is 4.99 Å². The Morgan fingerprint density at radius 1 is 1.16 bits per heavy atom. The molecule has 7 heteroatoms. The number of carbonyl (C=O) groups excluding carboxylic acids is 1. The average Bonchev–Trinajstić information content (AvgIpc) is 2.21. The zero-order valence-corrected chi connectivity index (χ0v) is 12.2. The van der Waals surface area contributed by atoms with Crippen molar-refractivity contribution in [1.29, 1.82) is 0 Å². The van der Waals surface area contributed by atoms with Crippen molar-refractivity contribution >= 4 is 15.9 Å². The summed E-state index contributed by atoms with van der Waals surface area (Å²) in [5, 5.41) is 0. The van der Waals surface area contributed by atoms with E-state index in [9.17, 15) is 22.0 Å². The maximum atomic E-state index is 13.2. The third kappa shape index (κ3) is 3.83. The normalized spacial score (nSPS) is 22.6. The third-order valence-electron chi connectivity index (χ3n) is 3.59. The first-order valence-electron chi connectivity index (χ1n) is 6.12. The molecule has 4 nitrogen and oxygen atoms in total. The molecule has 0 saturated heterocycles. The molecule has 1 saturated carbocycles. The van der Waals surface area contributed by atoms with E-state index in [1.807, 2.05) is 0 Å². The highest BCUT2D eigenvalue weighted by Crippen LogP contribution is 2.42. The molecular formula is C12H19F2NO3S. The van der Waals surface area contributed by atoms with E-state index in [1.165, 1.54) is 26.9 Å². The molecule has 1 aliphatic rings. The lowest BCUT2D eigenvalue weighted by atomic mass is 9.82. The second-order valence-electron chi connectivity index (χ2n) is 6.15. The molecule has 110 valence electrons. The number of nitrogens with zero attached hydrogens (tertiary/aromatic N) is 1. The van der Waals surface area contributed by atoms with Crippen molar-refractivity contribution in [3.63, 3.8) is 0 Å². The van der Waals surface area contributed by atoms with E-state index in [1.54, 1.807) is 0 Å². The van der Waals surface area contributed by atoms with Crippen LogP contribution in [0.15, 0.2) is 4.99 Å². The number of hydrogen-bond donors (Lipinski definition) is 0. The van der Waals surface area contributed by atoms with Gasteiger partial charge in [0.05, 0.1) is 16.0 Å². The molecule has 0 aromatic heterocycles. The van der Waals surface area contributed by atoms with Crippen LogP contribution in [-0.4, -0.2) is 36.5 Å². The molecule has 0 atom stereocenters. The maximum absolute atomic E-state index is 13.2. The first-order valence-corrected chi connectivity index (χ1v) is 7.78. The van der Waals surface area contributed by atoms with Gasteiger partial charge in [-0.3, -0.25) is 0 Å². The second kappa shape index (κ2) is 4.94. The van der Waals surface area contributed by atoms with Crippen LogP contribution >= 0.6 is 0 Å². The van der Waals surface area contributed by atoms with E-state index >= 15 is 0 Å². The van der Waals surface area contributed by atoms with E-state index < -0.39 is 38.9 Å². The molecule has 19 heavy (non-hydrogen) atoms. The van der Waals surface area contributed by atoms with Crippen LogP contribution in [-0.2, 0) is 14.6 Å². The summed E-state index contributed by atoms with van der Waals surface area (Å²) in [5.41, 5.74) is -1.24. The van der Waals surface area contributed by atoms with Crippen LogP contribution < -0.4 is 0 Å². The van der Waals surface area contributed by atoms with Gasteiger partial charge in [-0.2, -0.15) is 4.99 Å². The molecule has 1 aliphatic carbocycles. The van der Waals surface area contributed by atoms with Gasteiger partial charge in [0.25, 0.3) is 0 Å². The Labute approximate surface area is 112 Å². The molecule has 0 N–H and O–H groups in total. The number of aliphatic imine (C=N–C) groups is 1. The number of isocyanates is 1.